The molecule has 2 N–H and O–H groups in total. The Labute approximate surface area is 122 Å². The molecule has 112 valence electrons. The highest BCUT2D eigenvalue weighted by molar-refractivity contribution is 8.14. The zero-order chi connectivity index (χ0) is 14.8. The van der Waals surface area contributed by atoms with Crippen LogP contribution in [0.25, 0.3) is 0 Å². The molecular formula is C13H20N2O4S. The van der Waals surface area contributed by atoms with E-state index in [0.29, 0.717) is 31.6 Å². The zero-order valence-corrected chi connectivity index (χ0v) is 12.4. The first kappa shape index (κ1) is 15.2. The van der Waals surface area contributed by atoms with Crippen molar-refractivity contribution in [2.75, 3.05) is 18.8 Å². The average molecular weight is 300 g/mol. The van der Waals surface area contributed by atoms with Crippen LogP contribution in [0.3, 0.4) is 0 Å². The maximum atomic E-state index is 12.4. The summed E-state index contributed by atoms with van der Waals surface area (Å²) in [7, 11) is 0. The van der Waals surface area contributed by atoms with Crippen molar-refractivity contribution in [2.24, 2.45) is 5.41 Å². The molecule has 0 spiro atoms. The molecule has 2 saturated heterocycles. The van der Waals surface area contributed by atoms with E-state index >= 15 is 0 Å². The van der Waals surface area contributed by atoms with Gasteiger partial charge in [0.2, 0.25) is 5.91 Å². The molecule has 2 rings (SSSR count). The van der Waals surface area contributed by atoms with Crippen molar-refractivity contribution in [2.45, 2.75) is 38.6 Å². The molecule has 0 radical (unpaired) electrons. The van der Waals surface area contributed by atoms with Crippen LogP contribution in [-0.2, 0) is 9.59 Å². The SMILES string of the molecule is CCCC1(C(=O)O)CCCN(C(=O)C2CSC(=O)N2)C1. The van der Waals surface area contributed by atoms with Gasteiger partial charge in [-0.1, -0.05) is 25.1 Å². The molecule has 0 saturated carbocycles. The van der Waals surface area contributed by atoms with Crippen LogP contribution in [0.1, 0.15) is 32.6 Å². The Morgan fingerprint density at radius 1 is 1.55 bits per heavy atom. The first-order valence-corrected chi connectivity index (χ1v) is 7.92. The maximum Gasteiger partial charge on any atom is 0.311 e. The summed E-state index contributed by atoms with van der Waals surface area (Å²) in [5.41, 5.74) is -0.821. The van der Waals surface area contributed by atoms with Crippen molar-refractivity contribution in [3.63, 3.8) is 0 Å². The lowest BCUT2D eigenvalue weighted by molar-refractivity contribution is -0.155. The van der Waals surface area contributed by atoms with Crippen molar-refractivity contribution < 1.29 is 19.5 Å². The molecule has 0 aromatic heterocycles. The fourth-order valence-electron chi connectivity index (χ4n) is 3.02. The molecule has 0 aromatic rings. The molecule has 2 aliphatic rings. The molecule has 2 aliphatic heterocycles. The van der Waals surface area contributed by atoms with Crippen molar-refractivity contribution in [1.82, 2.24) is 10.2 Å². The smallest absolute Gasteiger partial charge is 0.311 e. The Morgan fingerprint density at radius 3 is 2.85 bits per heavy atom. The van der Waals surface area contributed by atoms with Crippen LogP contribution >= 0.6 is 11.8 Å². The van der Waals surface area contributed by atoms with Gasteiger partial charge in [-0.2, -0.15) is 0 Å². The number of aliphatic carboxylic acids is 1. The molecule has 2 amide bonds. The number of carboxylic acid groups (broad SMARTS) is 1. The molecule has 2 unspecified atom stereocenters. The summed E-state index contributed by atoms with van der Waals surface area (Å²) in [6, 6.07) is -0.501. The molecule has 2 atom stereocenters. The largest absolute Gasteiger partial charge is 0.481 e. The number of carbonyl (C=O) groups is 3. The monoisotopic (exact) mass is 300 g/mol. The Bertz CT molecular complexity index is 425. The van der Waals surface area contributed by atoms with Crippen molar-refractivity contribution in [3.05, 3.63) is 0 Å². The standard InChI is InChI=1S/C13H20N2O4S/c1-2-4-13(11(17)18)5-3-6-15(8-13)10(16)9-7-20-12(19)14-9/h9H,2-8H2,1H3,(H,14,19)(H,17,18). The average Bonchev–Trinajstić information content (AvgIpc) is 2.85. The molecule has 0 bridgehead atoms. The molecule has 0 aromatic carbocycles. The predicted molar refractivity (Wildman–Crippen MR) is 75.6 cm³/mol. The second-order valence-electron chi connectivity index (χ2n) is 5.49. The number of carboxylic acids is 1. The van der Waals surface area contributed by atoms with E-state index < -0.39 is 17.4 Å². The minimum atomic E-state index is -0.821. The summed E-state index contributed by atoms with van der Waals surface area (Å²) in [6.45, 7) is 2.79. The van der Waals surface area contributed by atoms with Crippen LogP contribution < -0.4 is 5.32 Å². The van der Waals surface area contributed by atoms with Gasteiger partial charge in [-0.15, -0.1) is 0 Å². The molecule has 20 heavy (non-hydrogen) atoms. The fraction of sp³-hybridized carbons (Fsp3) is 0.769. The highest BCUT2D eigenvalue weighted by Crippen LogP contribution is 2.35. The predicted octanol–water partition coefficient (Wildman–Crippen LogP) is 1.30. The normalized spacial score (nSPS) is 30.1. The third-order valence-electron chi connectivity index (χ3n) is 4.04. The number of nitrogens with zero attached hydrogens (tertiary/aromatic N) is 1. The second-order valence-corrected chi connectivity index (χ2v) is 6.49. The second kappa shape index (κ2) is 6.03. The Hall–Kier alpha value is -1.24. The van der Waals surface area contributed by atoms with Gasteiger partial charge in [0.25, 0.3) is 5.24 Å². The molecule has 0 aliphatic carbocycles. The summed E-state index contributed by atoms with van der Waals surface area (Å²) < 4.78 is 0. The third kappa shape index (κ3) is 2.92. The lowest BCUT2D eigenvalue weighted by Crippen LogP contribution is -2.54. The van der Waals surface area contributed by atoms with Gasteiger partial charge in [-0.25, -0.2) is 0 Å². The van der Waals surface area contributed by atoms with Gasteiger partial charge in [-0.3, -0.25) is 14.4 Å². The summed E-state index contributed by atoms with van der Waals surface area (Å²) in [4.78, 5) is 36.7. The number of carbonyl (C=O) groups excluding carboxylic acids is 2. The first-order valence-electron chi connectivity index (χ1n) is 6.94. The van der Waals surface area contributed by atoms with Gasteiger partial charge in [-0.05, 0) is 19.3 Å². The van der Waals surface area contributed by atoms with E-state index in [1.165, 1.54) is 0 Å². The zero-order valence-electron chi connectivity index (χ0n) is 11.6. The van der Waals surface area contributed by atoms with Gasteiger partial charge >= 0.3 is 5.97 Å². The van der Waals surface area contributed by atoms with Crippen molar-refractivity contribution >= 4 is 28.9 Å². The lowest BCUT2D eigenvalue weighted by atomic mass is 9.76. The van der Waals surface area contributed by atoms with E-state index in [2.05, 4.69) is 5.32 Å². The lowest BCUT2D eigenvalue weighted by Gasteiger charge is -2.40. The number of hydrogen-bond acceptors (Lipinski definition) is 4. The number of hydrogen-bond donors (Lipinski definition) is 2. The number of nitrogens with one attached hydrogen (secondary N) is 1. The van der Waals surface area contributed by atoms with Crippen LogP contribution in [0.5, 0.6) is 0 Å². The fourth-order valence-corrected chi connectivity index (χ4v) is 3.79. The van der Waals surface area contributed by atoms with Gasteiger partial charge in [0.15, 0.2) is 0 Å². The van der Waals surface area contributed by atoms with Gasteiger partial charge in [0.05, 0.1) is 5.41 Å². The van der Waals surface area contributed by atoms with E-state index in [1.54, 1.807) is 4.90 Å². The highest BCUT2D eigenvalue weighted by Gasteiger charge is 2.44. The minimum absolute atomic E-state index is 0.148. The first-order chi connectivity index (χ1) is 9.48. The molecular weight excluding hydrogens is 280 g/mol. The van der Waals surface area contributed by atoms with E-state index in [-0.39, 0.29) is 17.7 Å². The van der Waals surface area contributed by atoms with Gasteiger partial charge < -0.3 is 15.3 Å². The third-order valence-corrected chi connectivity index (χ3v) is 4.92. The van der Waals surface area contributed by atoms with Gasteiger partial charge in [0, 0.05) is 18.8 Å². The summed E-state index contributed by atoms with van der Waals surface area (Å²) in [5.74, 6) is -0.534. The summed E-state index contributed by atoms with van der Waals surface area (Å²) in [6.07, 6.45) is 2.68. The number of amides is 2. The number of rotatable bonds is 4. The number of piperidine rings is 1. The van der Waals surface area contributed by atoms with E-state index in [1.807, 2.05) is 6.92 Å². The van der Waals surface area contributed by atoms with Crippen LogP contribution in [-0.4, -0.2) is 52.0 Å². The van der Waals surface area contributed by atoms with Crippen LogP contribution in [0.15, 0.2) is 0 Å². The van der Waals surface area contributed by atoms with E-state index in [0.717, 1.165) is 18.2 Å². The minimum Gasteiger partial charge on any atom is -0.481 e. The van der Waals surface area contributed by atoms with Crippen LogP contribution in [0, 0.1) is 5.41 Å². The summed E-state index contributed by atoms with van der Waals surface area (Å²) >= 11 is 1.10. The van der Waals surface area contributed by atoms with Gasteiger partial charge in [0.1, 0.15) is 6.04 Å². The Balaban J connectivity index is 2.07. The molecule has 6 nitrogen and oxygen atoms in total. The number of likely N-dealkylation sites (tertiary alicyclic amines) is 1. The van der Waals surface area contributed by atoms with Crippen molar-refractivity contribution in [3.8, 4) is 0 Å². The topological polar surface area (TPSA) is 86.7 Å². The molecule has 2 fully saturated rings. The maximum absolute atomic E-state index is 12.4. The number of thioether (sulfide) groups is 1. The molecule has 2 heterocycles. The van der Waals surface area contributed by atoms with Crippen LogP contribution in [0.4, 0.5) is 4.79 Å². The highest BCUT2D eigenvalue weighted by atomic mass is 32.2. The molecule has 7 heteroatoms. The quantitative estimate of drug-likeness (QED) is 0.817. The van der Waals surface area contributed by atoms with Crippen LogP contribution in [0.2, 0.25) is 0 Å². The summed E-state index contributed by atoms with van der Waals surface area (Å²) in [5, 5.41) is 12.0. The van der Waals surface area contributed by atoms with Crippen molar-refractivity contribution in [1.29, 1.82) is 0 Å². The Morgan fingerprint density at radius 2 is 2.30 bits per heavy atom. The van der Waals surface area contributed by atoms with E-state index in [9.17, 15) is 19.5 Å². The Kier molecular flexibility index (Phi) is 4.57. The van der Waals surface area contributed by atoms with E-state index in [4.69, 9.17) is 0 Å².